The van der Waals surface area contributed by atoms with Crippen LogP contribution in [0.2, 0.25) is 0 Å². The zero-order valence-corrected chi connectivity index (χ0v) is 9.04. The fourth-order valence-electron chi connectivity index (χ4n) is 1.04. The molecule has 1 unspecified atom stereocenters. The third-order valence-electron chi connectivity index (χ3n) is 1.82. The summed E-state index contributed by atoms with van der Waals surface area (Å²) in [5.74, 6) is 0.117. The average molecular weight is 239 g/mol. The number of ketones is 1. The van der Waals surface area contributed by atoms with Crippen LogP contribution in [0.15, 0.2) is 30.8 Å². The van der Waals surface area contributed by atoms with E-state index >= 15 is 0 Å². The van der Waals surface area contributed by atoms with Crippen LogP contribution in [0.25, 0.3) is 6.08 Å². The molecule has 0 N–H and O–H groups in total. The van der Waals surface area contributed by atoms with Gasteiger partial charge in [-0.1, -0.05) is 52.9 Å². The van der Waals surface area contributed by atoms with Gasteiger partial charge in [-0.3, -0.25) is 4.79 Å². The Labute approximate surface area is 86.6 Å². The second kappa shape index (κ2) is 4.38. The lowest BCUT2D eigenvalue weighted by molar-refractivity contribution is -0.116. The van der Waals surface area contributed by atoms with Crippen molar-refractivity contribution in [2.45, 2.75) is 11.8 Å². The van der Waals surface area contributed by atoms with Gasteiger partial charge in [-0.2, -0.15) is 0 Å². The van der Waals surface area contributed by atoms with Crippen LogP contribution >= 0.6 is 15.9 Å². The SMILES string of the molecule is C=Cc1ccc(C(Br)C(C)=O)cc1. The third-order valence-corrected chi connectivity index (χ3v) is 3.00. The van der Waals surface area contributed by atoms with Crippen molar-refractivity contribution in [1.82, 2.24) is 0 Å². The molecule has 1 aromatic carbocycles. The Morgan fingerprint density at radius 3 is 2.38 bits per heavy atom. The van der Waals surface area contributed by atoms with E-state index in [1.807, 2.05) is 24.3 Å². The van der Waals surface area contributed by atoms with Gasteiger partial charge in [0.05, 0.1) is 4.83 Å². The molecule has 0 aliphatic heterocycles. The first-order chi connectivity index (χ1) is 6.15. The molecule has 0 aromatic heterocycles. The number of Topliss-reactive ketones (excluding diaryl/α,β-unsaturated/α-hetero) is 1. The normalized spacial score (nSPS) is 12.2. The second-order valence-corrected chi connectivity index (χ2v) is 3.76. The van der Waals surface area contributed by atoms with Crippen LogP contribution in [-0.4, -0.2) is 5.78 Å². The molecule has 1 rings (SSSR count). The van der Waals surface area contributed by atoms with E-state index in [4.69, 9.17) is 0 Å². The molecule has 68 valence electrons. The van der Waals surface area contributed by atoms with E-state index in [-0.39, 0.29) is 10.6 Å². The maximum absolute atomic E-state index is 11.0. The van der Waals surface area contributed by atoms with Gasteiger partial charge in [0, 0.05) is 0 Å². The fraction of sp³-hybridized carbons (Fsp3) is 0.182. The molecule has 2 heteroatoms. The number of hydrogen-bond acceptors (Lipinski definition) is 1. The summed E-state index contributed by atoms with van der Waals surface area (Å²) >= 11 is 3.32. The van der Waals surface area contributed by atoms with Crippen LogP contribution in [0.3, 0.4) is 0 Å². The zero-order chi connectivity index (χ0) is 9.84. The van der Waals surface area contributed by atoms with Crippen LogP contribution in [0.1, 0.15) is 22.9 Å². The van der Waals surface area contributed by atoms with E-state index in [1.165, 1.54) is 0 Å². The summed E-state index contributed by atoms with van der Waals surface area (Å²) in [7, 11) is 0. The van der Waals surface area contributed by atoms with Crippen molar-refractivity contribution in [3.8, 4) is 0 Å². The van der Waals surface area contributed by atoms with Gasteiger partial charge < -0.3 is 0 Å². The third kappa shape index (κ3) is 2.52. The lowest BCUT2D eigenvalue weighted by atomic mass is 10.1. The number of alkyl halides is 1. The number of hydrogen-bond donors (Lipinski definition) is 0. The van der Waals surface area contributed by atoms with Gasteiger partial charge in [0.15, 0.2) is 0 Å². The van der Waals surface area contributed by atoms with E-state index in [1.54, 1.807) is 13.0 Å². The highest BCUT2D eigenvalue weighted by Gasteiger charge is 2.11. The van der Waals surface area contributed by atoms with Crippen molar-refractivity contribution in [3.05, 3.63) is 42.0 Å². The number of rotatable bonds is 3. The molecule has 0 aliphatic rings. The lowest BCUT2D eigenvalue weighted by Crippen LogP contribution is -2.00. The summed E-state index contributed by atoms with van der Waals surface area (Å²) in [5, 5.41) is 0. The fourth-order valence-corrected chi connectivity index (χ4v) is 1.34. The quantitative estimate of drug-likeness (QED) is 0.739. The van der Waals surface area contributed by atoms with Gasteiger partial charge in [-0.15, -0.1) is 0 Å². The molecule has 0 spiro atoms. The van der Waals surface area contributed by atoms with Crippen molar-refractivity contribution >= 4 is 27.8 Å². The molecule has 1 aromatic rings. The largest absolute Gasteiger partial charge is 0.298 e. The van der Waals surface area contributed by atoms with Crippen LogP contribution in [-0.2, 0) is 4.79 Å². The van der Waals surface area contributed by atoms with Crippen LogP contribution in [0, 0.1) is 0 Å². The highest BCUT2D eigenvalue weighted by atomic mass is 79.9. The minimum atomic E-state index is -0.189. The van der Waals surface area contributed by atoms with Gasteiger partial charge in [-0.05, 0) is 18.1 Å². The molecule has 0 saturated heterocycles. The molecule has 1 atom stereocenters. The first-order valence-electron chi connectivity index (χ1n) is 4.02. The number of carbonyl (C=O) groups is 1. The summed E-state index contributed by atoms with van der Waals surface area (Å²) in [6.45, 7) is 5.23. The van der Waals surface area contributed by atoms with Crippen molar-refractivity contribution in [1.29, 1.82) is 0 Å². The van der Waals surface area contributed by atoms with Gasteiger partial charge in [0.1, 0.15) is 5.78 Å². The maximum Gasteiger partial charge on any atom is 0.147 e. The summed E-state index contributed by atoms with van der Waals surface area (Å²) in [5.41, 5.74) is 2.05. The van der Waals surface area contributed by atoms with E-state index in [0.29, 0.717) is 0 Å². The average Bonchev–Trinajstić information content (AvgIpc) is 2.17. The molecule has 1 nitrogen and oxygen atoms in total. The minimum Gasteiger partial charge on any atom is -0.298 e. The van der Waals surface area contributed by atoms with Crippen LogP contribution in [0.4, 0.5) is 0 Å². The smallest absolute Gasteiger partial charge is 0.147 e. The minimum absolute atomic E-state index is 0.117. The topological polar surface area (TPSA) is 17.1 Å². The Kier molecular flexibility index (Phi) is 3.43. The lowest BCUT2D eigenvalue weighted by Gasteiger charge is -2.05. The Bertz CT molecular complexity index is 313. The van der Waals surface area contributed by atoms with Gasteiger partial charge in [-0.25, -0.2) is 0 Å². The molecule has 0 saturated carbocycles. The molecular formula is C11H11BrO. The van der Waals surface area contributed by atoms with Gasteiger partial charge in [0.2, 0.25) is 0 Å². The Hall–Kier alpha value is -0.890. The number of benzene rings is 1. The Morgan fingerprint density at radius 2 is 2.00 bits per heavy atom. The maximum atomic E-state index is 11.0. The van der Waals surface area contributed by atoms with E-state index in [2.05, 4.69) is 22.5 Å². The second-order valence-electron chi connectivity index (χ2n) is 2.84. The molecular weight excluding hydrogens is 228 g/mol. The molecule has 0 fully saturated rings. The first-order valence-corrected chi connectivity index (χ1v) is 4.93. The highest BCUT2D eigenvalue weighted by molar-refractivity contribution is 9.09. The zero-order valence-electron chi connectivity index (χ0n) is 7.46. The first kappa shape index (κ1) is 10.2. The van der Waals surface area contributed by atoms with Crippen molar-refractivity contribution < 1.29 is 4.79 Å². The molecule has 0 aliphatic carbocycles. The molecule has 0 amide bonds. The van der Waals surface area contributed by atoms with Crippen molar-refractivity contribution in [2.75, 3.05) is 0 Å². The van der Waals surface area contributed by atoms with E-state index in [9.17, 15) is 4.79 Å². The van der Waals surface area contributed by atoms with E-state index < -0.39 is 0 Å². The highest BCUT2D eigenvalue weighted by Crippen LogP contribution is 2.23. The monoisotopic (exact) mass is 238 g/mol. The summed E-state index contributed by atoms with van der Waals surface area (Å²) in [6, 6.07) is 7.74. The van der Waals surface area contributed by atoms with Crippen molar-refractivity contribution in [2.24, 2.45) is 0 Å². The van der Waals surface area contributed by atoms with Crippen LogP contribution in [0.5, 0.6) is 0 Å². The molecule has 0 radical (unpaired) electrons. The number of halogens is 1. The summed E-state index contributed by atoms with van der Waals surface area (Å²) in [4.78, 5) is 10.8. The van der Waals surface area contributed by atoms with Crippen LogP contribution < -0.4 is 0 Å². The standard InChI is InChI=1S/C11H11BrO/c1-3-9-4-6-10(7-5-9)11(12)8(2)13/h3-7,11H,1H2,2H3. The Balaban J connectivity index is 2.91. The van der Waals surface area contributed by atoms with Crippen molar-refractivity contribution in [3.63, 3.8) is 0 Å². The predicted molar refractivity (Wildman–Crippen MR) is 58.9 cm³/mol. The molecule has 0 heterocycles. The van der Waals surface area contributed by atoms with Gasteiger partial charge >= 0.3 is 0 Å². The summed E-state index contributed by atoms with van der Waals surface area (Å²) < 4.78 is 0. The molecule has 13 heavy (non-hydrogen) atoms. The Morgan fingerprint density at radius 1 is 1.46 bits per heavy atom. The van der Waals surface area contributed by atoms with E-state index in [0.717, 1.165) is 11.1 Å². The van der Waals surface area contributed by atoms with Gasteiger partial charge in [0.25, 0.3) is 0 Å². The predicted octanol–water partition coefficient (Wildman–Crippen LogP) is 3.35. The number of carbonyl (C=O) groups excluding carboxylic acids is 1. The summed E-state index contributed by atoms with van der Waals surface area (Å²) in [6.07, 6.45) is 1.78. The molecule has 0 bridgehead atoms.